The summed E-state index contributed by atoms with van der Waals surface area (Å²) >= 11 is 1.34. The van der Waals surface area contributed by atoms with E-state index in [0.717, 1.165) is 17.8 Å². The highest BCUT2D eigenvalue weighted by atomic mass is 32.2. The summed E-state index contributed by atoms with van der Waals surface area (Å²) in [6.45, 7) is 7.38. The van der Waals surface area contributed by atoms with Gasteiger partial charge in [0.1, 0.15) is 4.21 Å². The highest BCUT2D eigenvalue weighted by Gasteiger charge is 2.21. The molecule has 0 unspecified atom stereocenters. The van der Waals surface area contributed by atoms with E-state index in [9.17, 15) is 8.42 Å². The Morgan fingerprint density at radius 2 is 2.06 bits per heavy atom. The molecular weight excluding hydrogens is 268 g/mol. The van der Waals surface area contributed by atoms with Crippen LogP contribution in [0.25, 0.3) is 0 Å². The maximum atomic E-state index is 12.2. The summed E-state index contributed by atoms with van der Waals surface area (Å²) in [4.78, 5) is 1.05. The van der Waals surface area contributed by atoms with Crippen molar-refractivity contribution in [2.45, 2.75) is 44.0 Å². The molecule has 0 fully saturated rings. The quantitative estimate of drug-likeness (QED) is 0.838. The number of thiophene rings is 1. The van der Waals surface area contributed by atoms with Crippen molar-refractivity contribution in [1.82, 2.24) is 9.62 Å². The van der Waals surface area contributed by atoms with E-state index in [1.165, 1.54) is 15.6 Å². The Hall–Kier alpha value is -0.430. The molecule has 104 valence electrons. The van der Waals surface area contributed by atoms with Gasteiger partial charge in [-0.1, -0.05) is 20.8 Å². The van der Waals surface area contributed by atoms with Crippen LogP contribution in [0.5, 0.6) is 0 Å². The van der Waals surface area contributed by atoms with Crippen molar-refractivity contribution < 1.29 is 8.42 Å². The molecular formula is C12H22N2O2S2. The maximum Gasteiger partial charge on any atom is 0.252 e. The summed E-state index contributed by atoms with van der Waals surface area (Å²) in [5.74, 6) is 0. The molecule has 0 atom stereocenters. The molecule has 0 amide bonds. The molecule has 4 nitrogen and oxygen atoms in total. The highest BCUT2D eigenvalue weighted by Crippen LogP contribution is 2.24. The summed E-state index contributed by atoms with van der Waals surface area (Å²) in [5.41, 5.74) is 0. The molecule has 6 heteroatoms. The second kappa shape index (κ2) is 6.65. The molecule has 0 spiro atoms. The highest BCUT2D eigenvalue weighted by molar-refractivity contribution is 7.91. The van der Waals surface area contributed by atoms with Gasteiger partial charge >= 0.3 is 0 Å². The minimum absolute atomic E-state index is 0.398. The average molecular weight is 290 g/mol. The molecule has 0 saturated carbocycles. The monoisotopic (exact) mass is 290 g/mol. The van der Waals surface area contributed by atoms with Crippen molar-refractivity contribution in [1.29, 1.82) is 0 Å². The molecule has 1 aromatic heterocycles. The Morgan fingerprint density at radius 3 is 2.61 bits per heavy atom. The summed E-state index contributed by atoms with van der Waals surface area (Å²) in [6, 6.07) is 3.98. The van der Waals surface area contributed by atoms with Gasteiger partial charge in [0.25, 0.3) is 10.0 Å². The zero-order valence-corrected chi connectivity index (χ0v) is 13.1. The van der Waals surface area contributed by atoms with Crippen molar-refractivity contribution in [2.75, 3.05) is 13.6 Å². The SMILES string of the molecule is CCCN(C)S(=O)(=O)c1ccc(CNC(C)C)s1. The van der Waals surface area contributed by atoms with Crippen LogP contribution in [0.1, 0.15) is 32.1 Å². The molecule has 0 saturated heterocycles. The number of nitrogens with zero attached hydrogens (tertiary/aromatic N) is 1. The Kier molecular flexibility index (Phi) is 5.78. The van der Waals surface area contributed by atoms with Gasteiger partial charge in [0.2, 0.25) is 0 Å². The van der Waals surface area contributed by atoms with Gasteiger partial charge in [0.15, 0.2) is 0 Å². The Balaban J connectivity index is 2.78. The first-order valence-corrected chi connectivity index (χ1v) is 8.42. The van der Waals surface area contributed by atoms with E-state index in [1.807, 2.05) is 13.0 Å². The van der Waals surface area contributed by atoms with Gasteiger partial charge in [-0.25, -0.2) is 12.7 Å². The lowest BCUT2D eigenvalue weighted by Crippen LogP contribution is -2.26. The zero-order valence-electron chi connectivity index (χ0n) is 11.4. The predicted octanol–water partition coefficient (Wildman–Crippen LogP) is 2.28. The molecule has 1 heterocycles. The molecule has 18 heavy (non-hydrogen) atoms. The van der Waals surface area contributed by atoms with Crippen LogP contribution in [0.2, 0.25) is 0 Å². The van der Waals surface area contributed by atoms with Crippen molar-refractivity contribution >= 4 is 21.4 Å². The fraction of sp³-hybridized carbons (Fsp3) is 0.667. The molecule has 0 bridgehead atoms. The number of sulfonamides is 1. The van der Waals surface area contributed by atoms with Crippen molar-refractivity contribution in [3.8, 4) is 0 Å². The fourth-order valence-electron chi connectivity index (χ4n) is 1.49. The first kappa shape index (κ1) is 15.6. The van der Waals surface area contributed by atoms with E-state index >= 15 is 0 Å². The second-order valence-corrected chi connectivity index (χ2v) is 8.02. The van der Waals surface area contributed by atoms with Crippen molar-refractivity contribution in [3.05, 3.63) is 17.0 Å². The minimum Gasteiger partial charge on any atom is -0.310 e. The summed E-state index contributed by atoms with van der Waals surface area (Å²) in [5, 5.41) is 3.28. The maximum absolute atomic E-state index is 12.2. The van der Waals surface area contributed by atoms with Gasteiger partial charge in [-0.3, -0.25) is 0 Å². The van der Waals surface area contributed by atoms with Gasteiger partial charge in [-0.15, -0.1) is 11.3 Å². The molecule has 0 aromatic carbocycles. The normalized spacial score (nSPS) is 12.6. The third-order valence-electron chi connectivity index (χ3n) is 2.52. The lowest BCUT2D eigenvalue weighted by atomic mass is 10.4. The van der Waals surface area contributed by atoms with E-state index in [0.29, 0.717) is 16.8 Å². The standard InChI is InChI=1S/C12H22N2O2S2/c1-5-8-14(4)18(15,16)12-7-6-11(17-12)9-13-10(2)3/h6-7,10,13H,5,8-9H2,1-4H3. The first-order chi connectivity index (χ1) is 8.37. The molecule has 1 rings (SSSR count). The predicted molar refractivity (Wildman–Crippen MR) is 76.4 cm³/mol. The lowest BCUT2D eigenvalue weighted by molar-refractivity contribution is 0.470. The number of nitrogens with one attached hydrogen (secondary N) is 1. The third kappa shape index (κ3) is 4.05. The Bertz CT molecular complexity index is 466. The molecule has 0 aliphatic rings. The van der Waals surface area contributed by atoms with Crippen LogP contribution < -0.4 is 5.32 Å². The number of hydrogen-bond donors (Lipinski definition) is 1. The minimum atomic E-state index is -3.29. The van der Waals surface area contributed by atoms with Gasteiger partial charge in [0, 0.05) is 31.1 Å². The van der Waals surface area contributed by atoms with Gasteiger partial charge in [0.05, 0.1) is 0 Å². The van der Waals surface area contributed by atoms with Crippen LogP contribution >= 0.6 is 11.3 Å². The fourth-order valence-corrected chi connectivity index (χ4v) is 4.27. The van der Waals surface area contributed by atoms with Crippen LogP contribution in [0.4, 0.5) is 0 Å². The van der Waals surface area contributed by atoms with Gasteiger partial charge in [-0.05, 0) is 18.6 Å². The smallest absolute Gasteiger partial charge is 0.252 e. The zero-order chi connectivity index (χ0) is 13.8. The van der Waals surface area contributed by atoms with Crippen LogP contribution in [-0.4, -0.2) is 32.4 Å². The third-order valence-corrected chi connectivity index (χ3v) is 5.93. The van der Waals surface area contributed by atoms with E-state index in [1.54, 1.807) is 13.1 Å². The molecule has 1 N–H and O–H groups in total. The van der Waals surface area contributed by atoms with Crippen molar-refractivity contribution in [2.24, 2.45) is 0 Å². The average Bonchev–Trinajstić information content (AvgIpc) is 2.75. The number of rotatable bonds is 7. The van der Waals surface area contributed by atoms with E-state index in [-0.39, 0.29) is 0 Å². The van der Waals surface area contributed by atoms with Crippen LogP contribution in [0.3, 0.4) is 0 Å². The van der Waals surface area contributed by atoms with Gasteiger partial charge in [-0.2, -0.15) is 0 Å². The van der Waals surface area contributed by atoms with E-state index in [4.69, 9.17) is 0 Å². The van der Waals surface area contributed by atoms with Crippen LogP contribution in [0, 0.1) is 0 Å². The first-order valence-electron chi connectivity index (χ1n) is 6.16. The Labute approximate surface area is 114 Å². The summed E-state index contributed by atoms with van der Waals surface area (Å²) in [7, 11) is -1.67. The summed E-state index contributed by atoms with van der Waals surface area (Å²) < 4.78 is 26.2. The molecule has 0 aliphatic carbocycles. The van der Waals surface area contributed by atoms with E-state index in [2.05, 4.69) is 19.2 Å². The molecule has 0 aliphatic heterocycles. The Morgan fingerprint density at radius 1 is 1.39 bits per heavy atom. The topological polar surface area (TPSA) is 49.4 Å². The largest absolute Gasteiger partial charge is 0.310 e. The lowest BCUT2D eigenvalue weighted by Gasteiger charge is -2.14. The van der Waals surface area contributed by atoms with Crippen LogP contribution in [0.15, 0.2) is 16.3 Å². The van der Waals surface area contributed by atoms with Crippen LogP contribution in [-0.2, 0) is 16.6 Å². The molecule has 1 aromatic rings. The summed E-state index contributed by atoms with van der Waals surface area (Å²) in [6.07, 6.45) is 0.822. The van der Waals surface area contributed by atoms with E-state index < -0.39 is 10.0 Å². The van der Waals surface area contributed by atoms with Crippen molar-refractivity contribution in [3.63, 3.8) is 0 Å². The molecule has 0 radical (unpaired) electrons. The van der Waals surface area contributed by atoms with Gasteiger partial charge < -0.3 is 5.32 Å². The second-order valence-electron chi connectivity index (χ2n) is 4.58. The number of hydrogen-bond acceptors (Lipinski definition) is 4.